The summed E-state index contributed by atoms with van der Waals surface area (Å²) in [5.41, 5.74) is 3.32. The lowest BCUT2D eigenvalue weighted by atomic mass is 10.1. The summed E-state index contributed by atoms with van der Waals surface area (Å²) in [5.74, 6) is -0.291. The molecule has 3 rings (SSSR count). The quantitative estimate of drug-likeness (QED) is 0.607. The fourth-order valence-corrected chi connectivity index (χ4v) is 2.42. The highest BCUT2D eigenvalue weighted by atomic mass is 35.5. The first-order valence-electron chi connectivity index (χ1n) is 5.97. The van der Waals surface area contributed by atoms with Crippen molar-refractivity contribution < 1.29 is 4.39 Å². The fourth-order valence-electron chi connectivity index (χ4n) is 2.17. The number of hydrogen-bond acceptors (Lipinski definition) is 1. The second kappa shape index (κ2) is 4.63. The number of aryl methyl sites for hydroxylation is 1. The van der Waals surface area contributed by atoms with E-state index in [-0.39, 0.29) is 5.82 Å². The minimum absolute atomic E-state index is 0.291. The van der Waals surface area contributed by atoms with Gasteiger partial charge in [-0.1, -0.05) is 41.9 Å². The first kappa shape index (κ1) is 12.1. The van der Waals surface area contributed by atoms with Crippen LogP contribution in [0.1, 0.15) is 5.56 Å². The van der Waals surface area contributed by atoms with Gasteiger partial charge >= 0.3 is 0 Å². The molecule has 0 atom stereocenters. The molecule has 0 saturated carbocycles. The molecule has 2 aromatic carbocycles. The van der Waals surface area contributed by atoms with Crippen molar-refractivity contribution in [2.24, 2.45) is 0 Å². The topological polar surface area (TPSA) is 12.9 Å². The zero-order chi connectivity index (χ0) is 13.4. The van der Waals surface area contributed by atoms with Gasteiger partial charge in [-0.3, -0.25) is 0 Å². The van der Waals surface area contributed by atoms with Gasteiger partial charge in [0, 0.05) is 10.9 Å². The molecule has 94 valence electrons. The van der Waals surface area contributed by atoms with E-state index in [0.717, 1.165) is 22.3 Å². The maximum atomic E-state index is 13.4. The molecule has 1 heterocycles. The Bertz CT molecular complexity index is 754. The number of fused-ring (bicyclic) bond motifs is 1. The molecule has 0 amide bonds. The van der Waals surface area contributed by atoms with Crippen LogP contribution >= 0.6 is 11.6 Å². The van der Waals surface area contributed by atoms with Crippen LogP contribution in [0.3, 0.4) is 0 Å². The lowest BCUT2D eigenvalue weighted by Crippen LogP contribution is -1.90. The van der Waals surface area contributed by atoms with Gasteiger partial charge in [-0.15, -0.1) is 0 Å². The summed E-state index contributed by atoms with van der Waals surface area (Å²) in [6.45, 7) is 1.84. The largest absolute Gasteiger partial charge is 0.247 e. The van der Waals surface area contributed by atoms with E-state index < -0.39 is 0 Å². The van der Waals surface area contributed by atoms with Crippen molar-refractivity contribution in [3.8, 4) is 11.3 Å². The molecule has 0 bridgehead atoms. The van der Waals surface area contributed by atoms with Crippen molar-refractivity contribution in [3.63, 3.8) is 0 Å². The molecule has 1 aromatic heterocycles. The molecule has 3 heteroatoms. The predicted molar refractivity (Wildman–Crippen MR) is 76.9 cm³/mol. The molecule has 0 fully saturated rings. The van der Waals surface area contributed by atoms with Gasteiger partial charge < -0.3 is 0 Å². The third-order valence-corrected chi connectivity index (χ3v) is 3.40. The van der Waals surface area contributed by atoms with Crippen LogP contribution in [0.2, 0.25) is 5.02 Å². The Hall–Kier alpha value is -1.93. The van der Waals surface area contributed by atoms with Gasteiger partial charge in [0.25, 0.3) is 0 Å². The van der Waals surface area contributed by atoms with Crippen LogP contribution in [0, 0.1) is 12.7 Å². The third-order valence-electron chi connectivity index (χ3n) is 3.09. The van der Waals surface area contributed by atoms with E-state index in [4.69, 9.17) is 11.6 Å². The number of benzene rings is 2. The first-order chi connectivity index (χ1) is 9.15. The van der Waals surface area contributed by atoms with Crippen LogP contribution in [0.4, 0.5) is 4.39 Å². The molecule has 0 radical (unpaired) electrons. The monoisotopic (exact) mass is 271 g/mol. The molecule has 0 N–H and O–H groups in total. The van der Waals surface area contributed by atoms with Crippen LogP contribution in [0.15, 0.2) is 48.5 Å². The normalized spacial score (nSPS) is 10.9. The van der Waals surface area contributed by atoms with E-state index in [0.29, 0.717) is 10.4 Å². The van der Waals surface area contributed by atoms with Crippen LogP contribution in [-0.2, 0) is 0 Å². The predicted octanol–water partition coefficient (Wildman–Crippen LogP) is 5.00. The summed E-state index contributed by atoms with van der Waals surface area (Å²) in [4.78, 5) is 4.60. The lowest BCUT2D eigenvalue weighted by molar-refractivity contribution is 0.628. The number of hydrogen-bond donors (Lipinski definition) is 0. The Morgan fingerprint density at radius 1 is 1.05 bits per heavy atom. The Labute approximate surface area is 115 Å². The van der Waals surface area contributed by atoms with E-state index in [2.05, 4.69) is 4.98 Å². The summed E-state index contributed by atoms with van der Waals surface area (Å²) in [5, 5.41) is 1.17. The molecule has 0 spiro atoms. The smallest absolute Gasteiger partial charge is 0.124 e. The highest BCUT2D eigenvalue weighted by molar-refractivity contribution is 6.35. The maximum Gasteiger partial charge on any atom is 0.124 e. The zero-order valence-electron chi connectivity index (χ0n) is 10.3. The number of pyridine rings is 1. The summed E-state index contributed by atoms with van der Waals surface area (Å²) in [6, 6.07) is 14.5. The Morgan fingerprint density at radius 2 is 1.79 bits per heavy atom. The van der Waals surface area contributed by atoms with Gasteiger partial charge in [-0.05, 0) is 30.7 Å². The fraction of sp³-hybridized carbons (Fsp3) is 0.0625. The maximum absolute atomic E-state index is 13.4. The molecule has 3 aromatic rings. The Kier molecular flexibility index (Phi) is 2.96. The second-order valence-corrected chi connectivity index (χ2v) is 4.88. The van der Waals surface area contributed by atoms with Crippen molar-refractivity contribution in [3.05, 3.63) is 64.9 Å². The van der Waals surface area contributed by atoms with Gasteiger partial charge in [0.15, 0.2) is 0 Å². The lowest BCUT2D eigenvalue weighted by Gasteiger charge is -2.08. The van der Waals surface area contributed by atoms with Crippen LogP contribution in [0.5, 0.6) is 0 Å². The molecule has 0 saturated heterocycles. The number of aromatic nitrogens is 1. The number of rotatable bonds is 1. The third kappa shape index (κ3) is 2.20. The average molecular weight is 272 g/mol. The van der Waals surface area contributed by atoms with E-state index in [9.17, 15) is 4.39 Å². The molecular weight excluding hydrogens is 261 g/mol. The van der Waals surface area contributed by atoms with E-state index >= 15 is 0 Å². The number of halogens is 2. The van der Waals surface area contributed by atoms with Gasteiger partial charge in [-0.2, -0.15) is 0 Å². The minimum Gasteiger partial charge on any atom is -0.247 e. The molecular formula is C16H11ClFN. The summed E-state index contributed by atoms with van der Waals surface area (Å²) in [7, 11) is 0. The molecule has 0 aliphatic heterocycles. The molecule has 0 aliphatic rings. The number of nitrogens with zero attached hydrogens (tertiary/aromatic N) is 1. The van der Waals surface area contributed by atoms with E-state index in [1.54, 1.807) is 6.07 Å². The molecule has 0 aliphatic carbocycles. The zero-order valence-corrected chi connectivity index (χ0v) is 11.1. The van der Waals surface area contributed by atoms with Gasteiger partial charge in [0.2, 0.25) is 0 Å². The van der Waals surface area contributed by atoms with Crippen molar-refractivity contribution in [1.82, 2.24) is 4.98 Å². The Balaban J connectivity index is 2.31. The SMILES string of the molecule is Cc1cc(F)cc2c(Cl)cc(-c3ccccc3)nc12. The van der Waals surface area contributed by atoms with Gasteiger partial charge in [-0.25, -0.2) is 9.37 Å². The van der Waals surface area contributed by atoms with Gasteiger partial charge in [0.1, 0.15) is 5.82 Å². The highest BCUT2D eigenvalue weighted by Crippen LogP contribution is 2.30. The van der Waals surface area contributed by atoms with Crippen LogP contribution < -0.4 is 0 Å². The average Bonchev–Trinajstić information content (AvgIpc) is 2.41. The van der Waals surface area contributed by atoms with Crippen molar-refractivity contribution in [2.75, 3.05) is 0 Å². The Morgan fingerprint density at radius 3 is 2.53 bits per heavy atom. The molecule has 0 unspecified atom stereocenters. The van der Waals surface area contributed by atoms with E-state index in [1.807, 2.05) is 37.3 Å². The second-order valence-electron chi connectivity index (χ2n) is 4.47. The molecule has 1 nitrogen and oxygen atoms in total. The summed E-state index contributed by atoms with van der Waals surface area (Å²) >= 11 is 6.25. The van der Waals surface area contributed by atoms with Gasteiger partial charge in [0.05, 0.1) is 16.2 Å². The van der Waals surface area contributed by atoms with Crippen molar-refractivity contribution >= 4 is 22.5 Å². The highest BCUT2D eigenvalue weighted by Gasteiger charge is 2.09. The standard InChI is InChI=1S/C16H11ClFN/c1-10-7-12(18)8-13-14(17)9-15(19-16(10)13)11-5-3-2-4-6-11/h2-9H,1H3. The molecule has 19 heavy (non-hydrogen) atoms. The summed E-state index contributed by atoms with van der Waals surface area (Å²) in [6.07, 6.45) is 0. The van der Waals surface area contributed by atoms with Crippen molar-refractivity contribution in [1.29, 1.82) is 0 Å². The van der Waals surface area contributed by atoms with Crippen LogP contribution in [-0.4, -0.2) is 4.98 Å². The minimum atomic E-state index is -0.291. The van der Waals surface area contributed by atoms with Crippen LogP contribution in [0.25, 0.3) is 22.2 Å². The van der Waals surface area contributed by atoms with E-state index in [1.165, 1.54) is 12.1 Å². The van der Waals surface area contributed by atoms with Crippen molar-refractivity contribution in [2.45, 2.75) is 6.92 Å². The summed E-state index contributed by atoms with van der Waals surface area (Å²) < 4.78 is 13.4. The first-order valence-corrected chi connectivity index (χ1v) is 6.35.